The van der Waals surface area contributed by atoms with Gasteiger partial charge >= 0.3 is 0 Å². The molecule has 1 aliphatic rings. The zero-order valence-electron chi connectivity index (χ0n) is 15.8. The minimum absolute atomic E-state index is 0.128. The van der Waals surface area contributed by atoms with Crippen LogP contribution in [0.15, 0.2) is 52.7 Å². The van der Waals surface area contributed by atoms with Crippen LogP contribution in [-0.4, -0.2) is 38.1 Å². The topological polar surface area (TPSA) is 63.5 Å². The van der Waals surface area contributed by atoms with Crippen molar-refractivity contribution in [2.24, 2.45) is 10.2 Å². The molecule has 0 bridgehead atoms. The zero-order chi connectivity index (χ0) is 19.2. The van der Waals surface area contributed by atoms with Crippen molar-refractivity contribution in [1.29, 1.82) is 0 Å². The molecule has 140 valence electrons. The van der Waals surface area contributed by atoms with Gasteiger partial charge in [0.2, 0.25) is 0 Å². The number of anilines is 1. The number of nitrogens with zero attached hydrogens (tertiary/aromatic N) is 3. The molecule has 2 aromatic rings. The molecule has 0 aromatic heterocycles. The number of hydrogen-bond donors (Lipinski definition) is 0. The van der Waals surface area contributed by atoms with E-state index in [1.54, 1.807) is 18.2 Å². The summed E-state index contributed by atoms with van der Waals surface area (Å²) in [4.78, 5) is 14.3. The predicted molar refractivity (Wildman–Crippen MR) is 107 cm³/mol. The first kappa shape index (κ1) is 18.6. The molecule has 0 fully saturated rings. The summed E-state index contributed by atoms with van der Waals surface area (Å²) in [7, 11) is 1.60. The highest BCUT2D eigenvalue weighted by atomic mass is 16.5. The third kappa shape index (κ3) is 3.84. The summed E-state index contributed by atoms with van der Waals surface area (Å²) < 4.78 is 11.0. The fourth-order valence-corrected chi connectivity index (χ4v) is 2.92. The molecule has 6 heteroatoms. The lowest BCUT2D eigenvalue weighted by atomic mass is 10.1. The van der Waals surface area contributed by atoms with Crippen molar-refractivity contribution in [2.45, 2.75) is 20.3 Å². The van der Waals surface area contributed by atoms with E-state index in [-0.39, 0.29) is 5.91 Å². The first-order valence-corrected chi connectivity index (χ1v) is 9.02. The van der Waals surface area contributed by atoms with Gasteiger partial charge in [0.05, 0.1) is 25.6 Å². The predicted octanol–water partition coefficient (Wildman–Crippen LogP) is 3.67. The van der Waals surface area contributed by atoms with Gasteiger partial charge in [-0.3, -0.25) is 4.79 Å². The molecule has 1 aliphatic heterocycles. The summed E-state index contributed by atoms with van der Waals surface area (Å²) in [6.07, 6.45) is 2.53. The molecular formula is C21H23N3O3. The zero-order valence-corrected chi connectivity index (χ0v) is 15.8. The lowest BCUT2D eigenvalue weighted by Gasteiger charge is -2.12. The van der Waals surface area contributed by atoms with E-state index in [0.29, 0.717) is 30.4 Å². The number of benzene rings is 2. The van der Waals surface area contributed by atoms with E-state index in [1.807, 2.05) is 49.4 Å². The molecule has 0 radical (unpaired) electrons. The summed E-state index contributed by atoms with van der Waals surface area (Å²) in [5, 5.41) is 8.32. The highest BCUT2D eigenvalue weighted by Gasteiger charge is 2.32. The van der Waals surface area contributed by atoms with Crippen LogP contribution in [0.2, 0.25) is 0 Å². The molecule has 0 spiro atoms. The fraction of sp³-hybridized carbons (Fsp3) is 0.286. The van der Waals surface area contributed by atoms with Crippen molar-refractivity contribution >= 4 is 23.5 Å². The largest absolute Gasteiger partial charge is 0.493 e. The van der Waals surface area contributed by atoms with Gasteiger partial charge in [0.25, 0.3) is 5.91 Å². The first-order valence-electron chi connectivity index (χ1n) is 9.02. The maximum Gasteiger partial charge on any atom is 0.279 e. The Hall–Kier alpha value is -3.15. The van der Waals surface area contributed by atoms with Crippen LogP contribution in [-0.2, 0) is 4.79 Å². The Balaban J connectivity index is 1.83. The van der Waals surface area contributed by atoms with Crippen LogP contribution >= 0.6 is 0 Å². The van der Waals surface area contributed by atoms with Crippen LogP contribution in [0.4, 0.5) is 5.69 Å². The second-order valence-electron chi connectivity index (χ2n) is 6.02. The van der Waals surface area contributed by atoms with Crippen molar-refractivity contribution in [3.8, 4) is 11.5 Å². The van der Waals surface area contributed by atoms with Crippen LogP contribution in [0, 0.1) is 0 Å². The number of carbonyl (C=O) groups excluding carboxylic acids is 1. The third-order valence-electron chi connectivity index (χ3n) is 4.23. The number of para-hydroxylation sites is 1. The van der Waals surface area contributed by atoms with Gasteiger partial charge in [-0.05, 0) is 43.2 Å². The molecule has 6 nitrogen and oxygen atoms in total. The molecule has 0 saturated heterocycles. The van der Waals surface area contributed by atoms with Crippen LogP contribution in [0.1, 0.15) is 31.4 Å². The minimum Gasteiger partial charge on any atom is -0.493 e. The molecule has 2 aromatic carbocycles. The Labute approximate surface area is 159 Å². The number of ether oxygens (including phenoxy) is 2. The third-order valence-corrected chi connectivity index (χ3v) is 4.23. The number of rotatable bonds is 7. The summed E-state index contributed by atoms with van der Waals surface area (Å²) in [6.45, 7) is 5.21. The molecule has 0 atom stereocenters. The average molecular weight is 365 g/mol. The Morgan fingerprint density at radius 2 is 1.93 bits per heavy atom. The van der Waals surface area contributed by atoms with E-state index in [9.17, 15) is 4.79 Å². The lowest BCUT2D eigenvalue weighted by Crippen LogP contribution is -2.29. The minimum atomic E-state index is -0.128. The van der Waals surface area contributed by atoms with E-state index in [1.165, 1.54) is 0 Å². The fourth-order valence-electron chi connectivity index (χ4n) is 2.92. The molecule has 0 saturated carbocycles. The highest BCUT2D eigenvalue weighted by Crippen LogP contribution is 2.29. The van der Waals surface area contributed by atoms with Crippen molar-refractivity contribution < 1.29 is 14.3 Å². The average Bonchev–Trinajstić information content (AvgIpc) is 2.97. The highest BCUT2D eigenvalue weighted by molar-refractivity contribution is 6.54. The smallest absolute Gasteiger partial charge is 0.279 e. The van der Waals surface area contributed by atoms with Gasteiger partial charge in [-0.1, -0.05) is 25.1 Å². The number of carbonyl (C=O) groups is 1. The summed E-state index contributed by atoms with van der Waals surface area (Å²) in [5.41, 5.74) is 2.85. The normalized spacial score (nSPS) is 14.9. The quantitative estimate of drug-likeness (QED) is 0.555. The maximum atomic E-state index is 12.6. The molecule has 0 N–H and O–H groups in total. The summed E-state index contributed by atoms with van der Waals surface area (Å²) >= 11 is 0. The Kier molecular flexibility index (Phi) is 5.86. The van der Waals surface area contributed by atoms with Crippen molar-refractivity contribution in [2.75, 3.05) is 25.2 Å². The van der Waals surface area contributed by atoms with Crippen molar-refractivity contribution in [3.63, 3.8) is 0 Å². The van der Waals surface area contributed by atoms with Gasteiger partial charge < -0.3 is 14.4 Å². The van der Waals surface area contributed by atoms with Crippen molar-refractivity contribution in [3.05, 3.63) is 53.6 Å². The SMILES string of the molecule is CCCOc1ccc(/C=N\N=C2/C(=O)N(CC)c3ccccc32)cc1OC. The Morgan fingerprint density at radius 3 is 2.67 bits per heavy atom. The molecule has 1 amide bonds. The van der Waals surface area contributed by atoms with Gasteiger partial charge in [-0.15, -0.1) is 5.10 Å². The molecule has 0 unspecified atom stereocenters. The molecule has 1 heterocycles. The van der Waals surface area contributed by atoms with Crippen LogP contribution < -0.4 is 14.4 Å². The molecular weight excluding hydrogens is 342 g/mol. The number of fused-ring (bicyclic) bond motifs is 1. The van der Waals surface area contributed by atoms with E-state index in [0.717, 1.165) is 23.2 Å². The van der Waals surface area contributed by atoms with E-state index in [2.05, 4.69) is 17.1 Å². The summed E-state index contributed by atoms with van der Waals surface area (Å²) in [6, 6.07) is 13.2. The number of methoxy groups -OCH3 is 1. The number of hydrogen-bond acceptors (Lipinski definition) is 5. The van der Waals surface area contributed by atoms with Gasteiger partial charge in [0.1, 0.15) is 0 Å². The van der Waals surface area contributed by atoms with E-state index >= 15 is 0 Å². The lowest BCUT2D eigenvalue weighted by molar-refractivity contribution is -0.112. The monoisotopic (exact) mass is 365 g/mol. The molecule has 3 rings (SSSR count). The summed E-state index contributed by atoms with van der Waals surface area (Å²) in [5.74, 6) is 1.21. The molecule has 27 heavy (non-hydrogen) atoms. The van der Waals surface area contributed by atoms with Gasteiger partial charge in [0.15, 0.2) is 17.2 Å². The van der Waals surface area contributed by atoms with Crippen molar-refractivity contribution in [1.82, 2.24) is 0 Å². The Bertz CT molecular complexity index is 890. The first-order chi connectivity index (χ1) is 13.2. The number of likely N-dealkylation sites (N-methyl/N-ethyl adjacent to an activating group) is 1. The van der Waals surface area contributed by atoms with E-state index in [4.69, 9.17) is 9.47 Å². The second kappa shape index (κ2) is 8.49. The standard InChI is InChI=1S/C21H23N3O3/c1-4-12-27-18-11-10-15(13-19(18)26-3)14-22-23-20-16-8-6-7-9-17(16)24(5-2)21(20)25/h6-11,13-14H,4-5,12H2,1-3H3/b22-14-,23-20-. The van der Waals surface area contributed by atoms with Crippen LogP contribution in [0.5, 0.6) is 11.5 Å². The van der Waals surface area contributed by atoms with Crippen LogP contribution in [0.3, 0.4) is 0 Å². The number of amides is 1. The van der Waals surface area contributed by atoms with Gasteiger partial charge in [0, 0.05) is 12.1 Å². The Morgan fingerprint density at radius 1 is 1.11 bits per heavy atom. The maximum absolute atomic E-state index is 12.6. The van der Waals surface area contributed by atoms with Gasteiger partial charge in [-0.25, -0.2) is 0 Å². The van der Waals surface area contributed by atoms with Gasteiger partial charge in [-0.2, -0.15) is 5.10 Å². The van der Waals surface area contributed by atoms with E-state index < -0.39 is 0 Å². The second-order valence-corrected chi connectivity index (χ2v) is 6.02. The molecule has 0 aliphatic carbocycles. The van der Waals surface area contributed by atoms with Crippen LogP contribution in [0.25, 0.3) is 0 Å².